The predicted molar refractivity (Wildman–Crippen MR) is 75.9 cm³/mol. The van der Waals surface area contributed by atoms with E-state index in [1.807, 2.05) is 0 Å². The van der Waals surface area contributed by atoms with E-state index in [1.165, 1.54) is 33.3 Å². The highest BCUT2D eigenvalue weighted by Crippen LogP contribution is 2.41. The summed E-state index contributed by atoms with van der Waals surface area (Å²) in [7, 11) is 0. The van der Waals surface area contributed by atoms with Crippen LogP contribution in [-0.4, -0.2) is 4.98 Å². The van der Waals surface area contributed by atoms with Crippen molar-refractivity contribution in [2.45, 2.75) is 19.3 Å². The number of para-hydroxylation sites is 1. The van der Waals surface area contributed by atoms with Gasteiger partial charge in [-0.3, -0.25) is 0 Å². The Hall–Kier alpha value is -2.02. The standard InChI is InChI=1S/C17H15N/c1-11-10-15-13-7-4-5-9-16(13)18-17(15)14-8-3-2-6-12(11)14/h2-9,11,18H,10H2,1H3. The fourth-order valence-electron chi connectivity index (χ4n) is 3.21. The molecule has 3 aromatic rings. The van der Waals surface area contributed by atoms with E-state index >= 15 is 0 Å². The van der Waals surface area contributed by atoms with Gasteiger partial charge >= 0.3 is 0 Å². The fourth-order valence-corrected chi connectivity index (χ4v) is 3.21. The zero-order valence-corrected chi connectivity index (χ0v) is 10.4. The second kappa shape index (κ2) is 3.49. The number of nitrogens with one attached hydrogen (secondary N) is 1. The van der Waals surface area contributed by atoms with Crippen LogP contribution in [0.2, 0.25) is 0 Å². The highest BCUT2D eigenvalue weighted by atomic mass is 14.7. The number of benzene rings is 2. The lowest BCUT2D eigenvalue weighted by atomic mass is 9.82. The van der Waals surface area contributed by atoms with E-state index in [0.717, 1.165) is 6.42 Å². The van der Waals surface area contributed by atoms with Gasteiger partial charge in [0.15, 0.2) is 0 Å². The third kappa shape index (κ3) is 1.22. The SMILES string of the molecule is CC1Cc2c([nH]c3ccccc23)-c2ccccc21. The van der Waals surface area contributed by atoms with Gasteiger partial charge in [-0.15, -0.1) is 0 Å². The van der Waals surface area contributed by atoms with E-state index in [4.69, 9.17) is 0 Å². The van der Waals surface area contributed by atoms with Crippen LogP contribution in [0.4, 0.5) is 0 Å². The summed E-state index contributed by atoms with van der Waals surface area (Å²) < 4.78 is 0. The number of aromatic amines is 1. The number of aromatic nitrogens is 1. The minimum absolute atomic E-state index is 0.605. The van der Waals surface area contributed by atoms with Gasteiger partial charge in [0, 0.05) is 22.2 Å². The van der Waals surface area contributed by atoms with E-state index in [0.29, 0.717) is 5.92 Å². The Morgan fingerprint density at radius 1 is 1.00 bits per heavy atom. The number of hydrogen-bond donors (Lipinski definition) is 1. The maximum Gasteiger partial charge on any atom is 0.0500 e. The van der Waals surface area contributed by atoms with Crippen molar-refractivity contribution in [1.82, 2.24) is 4.98 Å². The Balaban J connectivity index is 2.10. The van der Waals surface area contributed by atoms with Crippen LogP contribution < -0.4 is 0 Å². The molecule has 0 amide bonds. The average molecular weight is 233 g/mol. The number of H-pyrrole nitrogens is 1. The molecule has 1 heteroatoms. The van der Waals surface area contributed by atoms with Gasteiger partial charge < -0.3 is 4.98 Å². The summed E-state index contributed by atoms with van der Waals surface area (Å²) in [4.78, 5) is 3.59. The molecule has 0 saturated carbocycles. The van der Waals surface area contributed by atoms with Crippen LogP contribution in [0.3, 0.4) is 0 Å². The highest BCUT2D eigenvalue weighted by Gasteiger charge is 2.24. The molecular formula is C17H15N. The smallest absolute Gasteiger partial charge is 0.0500 e. The quantitative estimate of drug-likeness (QED) is 0.588. The molecule has 0 aliphatic heterocycles. The van der Waals surface area contributed by atoms with E-state index in [1.54, 1.807) is 0 Å². The molecule has 0 radical (unpaired) electrons. The Kier molecular flexibility index (Phi) is 1.93. The molecule has 1 unspecified atom stereocenters. The van der Waals surface area contributed by atoms with Crippen LogP contribution in [0.15, 0.2) is 48.5 Å². The molecule has 2 aromatic carbocycles. The predicted octanol–water partition coefficient (Wildman–Crippen LogP) is 4.49. The highest BCUT2D eigenvalue weighted by molar-refractivity contribution is 5.92. The first-order chi connectivity index (χ1) is 8.84. The number of fused-ring (bicyclic) bond motifs is 5. The third-order valence-corrected chi connectivity index (χ3v) is 4.08. The van der Waals surface area contributed by atoms with Crippen molar-refractivity contribution < 1.29 is 0 Å². The van der Waals surface area contributed by atoms with Crippen LogP contribution in [0, 0.1) is 0 Å². The van der Waals surface area contributed by atoms with E-state index < -0.39 is 0 Å². The van der Waals surface area contributed by atoms with Crippen molar-refractivity contribution in [3.63, 3.8) is 0 Å². The fraction of sp³-hybridized carbons (Fsp3) is 0.176. The van der Waals surface area contributed by atoms with Crippen molar-refractivity contribution >= 4 is 10.9 Å². The van der Waals surface area contributed by atoms with Crippen LogP contribution >= 0.6 is 0 Å². The summed E-state index contributed by atoms with van der Waals surface area (Å²) >= 11 is 0. The molecule has 0 saturated heterocycles. The van der Waals surface area contributed by atoms with Gasteiger partial charge in [-0.05, 0) is 29.5 Å². The van der Waals surface area contributed by atoms with Gasteiger partial charge in [0.1, 0.15) is 0 Å². The van der Waals surface area contributed by atoms with Crippen LogP contribution in [0.25, 0.3) is 22.2 Å². The molecular weight excluding hydrogens is 218 g/mol. The molecule has 1 aliphatic rings. The Morgan fingerprint density at radius 3 is 2.72 bits per heavy atom. The minimum Gasteiger partial charge on any atom is -0.354 e. The topological polar surface area (TPSA) is 15.8 Å². The van der Waals surface area contributed by atoms with Crippen molar-refractivity contribution in [3.05, 3.63) is 59.7 Å². The summed E-state index contributed by atoms with van der Waals surface area (Å²) in [5, 5.41) is 1.38. The third-order valence-electron chi connectivity index (χ3n) is 4.08. The molecule has 1 N–H and O–H groups in total. The summed E-state index contributed by atoms with van der Waals surface area (Å²) in [6.07, 6.45) is 1.14. The molecule has 0 spiro atoms. The zero-order valence-electron chi connectivity index (χ0n) is 10.4. The first kappa shape index (κ1) is 9.95. The van der Waals surface area contributed by atoms with E-state index in [-0.39, 0.29) is 0 Å². The monoisotopic (exact) mass is 233 g/mol. The van der Waals surface area contributed by atoms with Crippen molar-refractivity contribution in [2.75, 3.05) is 0 Å². The van der Waals surface area contributed by atoms with Gasteiger partial charge in [0.05, 0.1) is 0 Å². The van der Waals surface area contributed by atoms with Crippen molar-refractivity contribution in [2.24, 2.45) is 0 Å². The molecule has 1 atom stereocenters. The maximum absolute atomic E-state index is 3.59. The van der Waals surface area contributed by atoms with Gasteiger partial charge in [-0.2, -0.15) is 0 Å². The molecule has 0 bridgehead atoms. The average Bonchev–Trinajstić information content (AvgIpc) is 2.78. The summed E-state index contributed by atoms with van der Waals surface area (Å²) in [5.41, 5.74) is 6.91. The van der Waals surface area contributed by atoms with Crippen LogP contribution in [0.1, 0.15) is 24.0 Å². The van der Waals surface area contributed by atoms with Crippen molar-refractivity contribution in [3.8, 4) is 11.3 Å². The number of rotatable bonds is 0. The van der Waals surface area contributed by atoms with E-state index in [9.17, 15) is 0 Å². The van der Waals surface area contributed by atoms with Crippen LogP contribution in [0.5, 0.6) is 0 Å². The Labute approximate surface area is 106 Å². The lowest BCUT2D eigenvalue weighted by Gasteiger charge is -2.22. The second-order valence-electron chi connectivity index (χ2n) is 5.22. The normalized spacial score (nSPS) is 17.5. The lowest BCUT2D eigenvalue weighted by molar-refractivity contribution is 0.752. The Bertz CT molecular complexity index is 736. The molecule has 4 rings (SSSR count). The Morgan fingerprint density at radius 2 is 1.78 bits per heavy atom. The van der Waals surface area contributed by atoms with Gasteiger partial charge in [-0.1, -0.05) is 49.4 Å². The minimum atomic E-state index is 0.605. The molecule has 0 fully saturated rings. The van der Waals surface area contributed by atoms with Gasteiger partial charge in [0.25, 0.3) is 0 Å². The molecule has 1 aromatic heterocycles. The van der Waals surface area contributed by atoms with Crippen molar-refractivity contribution in [1.29, 1.82) is 0 Å². The largest absolute Gasteiger partial charge is 0.354 e. The number of hydrogen-bond acceptors (Lipinski definition) is 0. The molecule has 88 valence electrons. The summed E-state index contributed by atoms with van der Waals surface area (Å²) in [6.45, 7) is 2.32. The van der Waals surface area contributed by atoms with Gasteiger partial charge in [-0.25, -0.2) is 0 Å². The zero-order chi connectivity index (χ0) is 12.1. The first-order valence-electron chi connectivity index (χ1n) is 6.53. The first-order valence-corrected chi connectivity index (χ1v) is 6.53. The lowest BCUT2D eigenvalue weighted by Crippen LogP contribution is -2.07. The maximum atomic E-state index is 3.59. The molecule has 1 aliphatic carbocycles. The van der Waals surface area contributed by atoms with Gasteiger partial charge in [0.2, 0.25) is 0 Å². The molecule has 1 heterocycles. The summed E-state index contributed by atoms with van der Waals surface area (Å²) in [6, 6.07) is 17.4. The summed E-state index contributed by atoms with van der Waals surface area (Å²) in [5.74, 6) is 0.605. The molecule has 1 nitrogen and oxygen atoms in total. The molecule has 18 heavy (non-hydrogen) atoms. The van der Waals surface area contributed by atoms with Crippen LogP contribution in [-0.2, 0) is 6.42 Å². The second-order valence-corrected chi connectivity index (χ2v) is 5.22. The van der Waals surface area contributed by atoms with E-state index in [2.05, 4.69) is 60.4 Å².